The third-order valence-electron chi connectivity index (χ3n) is 5.33. The van der Waals surface area contributed by atoms with Gasteiger partial charge in [-0.25, -0.2) is 0 Å². The minimum Gasteiger partial charge on any atom is -0.372 e. The molecule has 0 saturated carbocycles. The molecule has 1 atom stereocenters. The van der Waals surface area contributed by atoms with Crippen LogP contribution in [-0.4, -0.2) is 57.0 Å². The van der Waals surface area contributed by atoms with Gasteiger partial charge in [-0.3, -0.25) is 4.79 Å². The van der Waals surface area contributed by atoms with Crippen LogP contribution >= 0.6 is 11.8 Å². The van der Waals surface area contributed by atoms with Gasteiger partial charge in [-0.05, 0) is 64.8 Å². The molecule has 1 aliphatic rings. The van der Waals surface area contributed by atoms with Crippen molar-refractivity contribution in [3.8, 4) is 11.4 Å². The average Bonchev–Trinajstić information content (AvgIpc) is 3.39. The van der Waals surface area contributed by atoms with Crippen LogP contribution in [0, 0.1) is 0 Å². The monoisotopic (exact) mass is 401 g/mol. The first kappa shape index (κ1) is 20.7. The Kier molecular flexibility index (Phi) is 6.99. The number of likely N-dealkylation sites (tertiary alicyclic amines) is 1. The van der Waals surface area contributed by atoms with Gasteiger partial charge in [0.2, 0.25) is 5.91 Å². The van der Waals surface area contributed by atoms with Gasteiger partial charge in [0.25, 0.3) is 0 Å². The molecule has 7 heteroatoms. The third-order valence-corrected chi connectivity index (χ3v) is 6.40. The smallest absolute Gasteiger partial charge is 0.235 e. The van der Waals surface area contributed by atoms with E-state index in [-0.39, 0.29) is 11.2 Å². The van der Waals surface area contributed by atoms with E-state index >= 15 is 0 Å². The first-order valence-electron chi connectivity index (χ1n) is 10.3. The van der Waals surface area contributed by atoms with Crippen LogP contribution in [0.25, 0.3) is 11.4 Å². The molecule has 1 amide bonds. The second kappa shape index (κ2) is 9.45. The predicted octanol–water partition coefficient (Wildman–Crippen LogP) is 3.91. The summed E-state index contributed by atoms with van der Waals surface area (Å²) in [6, 6.07) is 8.50. The molecule has 1 saturated heterocycles. The lowest BCUT2D eigenvalue weighted by molar-refractivity contribution is -0.129. The molecule has 2 heterocycles. The molecule has 152 valence electrons. The molecule has 1 aromatic carbocycles. The lowest BCUT2D eigenvalue weighted by atomic mass is 10.2. The molecule has 1 unspecified atom stereocenters. The van der Waals surface area contributed by atoms with Gasteiger partial charge in [-0.15, -0.1) is 10.2 Å². The molecular formula is C21H31N5OS. The maximum atomic E-state index is 12.6. The number of aromatic nitrogens is 3. The van der Waals surface area contributed by atoms with Crippen LogP contribution < -0.4 is 4.90 Å². The van der Waals surface area contributed by atoms with Crippen molar-refractivity contribution in [3.05, 3.63) is 24.3 Å². The predicted molar refractivity (Wildman–Crippen MR) is 116 cm³/mol. The molecule has 0 spiro atoms. The Morgan fingerprint density at radius 3 is 2.32 bits per heavy atom. The first-order chi connectivity index (χ1) is 13.6. The highest BCUT2D eigenvalue weighted by Gasteiger charge is 2.26. The molecule has 0 bridgehead atoms. The van der Waals surface area contributed by atoms with E-state index in [1.807, 2.05) is 11.8 Å². The Hall–Kier alpha value is -2.02. The van der Waals surface area contributed by atoms with Crippen molar-refractivity contribution in [2.75, 3.05) is 31.1 Å². The molecule has 3 rings (SSSR count). The Labute approximate surface area is 172 Å². The number of anilines is 1. The fourth-order valence-electron chi connectivity index (χ4n) is 3.69. The molecule has 2 aromatic rings. The Morgan fingerprint density at radius 1 is 1.11 bits per heavy atom. The minimum atomic E-state index is -0.148. The molecule has 6 nitrogen and oxygen atoms in total. The Bertz CT molecular complexity index is 779. The topological polar surface area (TPSA) is 54.3 Å². The van der Waals surface area contributed by atoms with Crippen LogP contribution in [0.3, 0.4) is 0 Å². The van der Waals surface area contributed by atoms with E-state index in [9.17, 15) is 4.79 Å². The quantitative estimate of drug-likeness (QED) is 0.628. The summed E-state index contributed by atoms with van der Waals surface area (Å²) < 4.78 is 2.10. The van der Waals surface area contributed by atoms with E-state index < -0.39 is 0 Å². The van der Waals surface area contributed by atoms with E-state index in [1.165, 1.54) is 17.4 Å². The number of hydrogen-bond donors (Lipinski definition) is 0. The SMILES string of the molecule is CCN(CC)c1ccc(-c2nnc(SC(C)C(=O)N3CCCC3)n2CC)cc1. The third kappa shape index (κ3) is 4.35. The van der Waals surface area contributed by atoms with Gasteiger partial charge in [0.15, 0.2) is 11.0 Å². The zero-order chi connectivity index (χ0) is 20.1. The van der Waals surface area contributed by atoms with Crippen LogP contribution in [0.4, 0.5) is 5.69 Å². The number of rotatable bonds is 8. The van der Waals surface area contributed by atoms with Gasteiger partial charge >= 0.3 is 0 Å². The van der Waals surface area contributed by atoms with E-state index in [0.29, 0.717) is 0 Å². The number of thioether (sulfide) groups is 1. The number of carbonyl (C=O) groups is 1. The Balaban J connectivity index is 1.77. The first-order valence-corrected chi connectivity index (χ1v) is 11.2. The molecule has 0 N–H and O–H groups in total. The summed E-state index contributed by atoms with van der Waals surface area (Å²) in [7, 11) is 0. The van der Waals surface area contributed by atoms with Crippen molar-refractivity contribution < 1.29 is 4.79 Å². The van der Waals surface area contributed by atoms with Crippen molar-refractivity contribution >= 4 is 23.4 Å². The van der Waals surface area contributed by atoms with Gasteiger partial charge < -0.3 is 14.4 Å². The lowest BCUT2D eigenvalue weighted by Crippen LogP contribution is -2.34. The molecule has 1 aliphatic heterocycles. The summed E-state index contributed by atoms with van der Waals surface area (Å²) >= 11 is 1.51. The van der Waals surface area contributed by atoms with Crippen LogP contribution in [0.5, 0.6) is 0 Å². The number of hydrogen-bond acceptors (Lipinski definition) is 5. The summed E-state index contributed by atoms with van der Waals surface area (Å²) in [6.07, 6.45) is 2.23. The number of carbonyl (C=O) groups excluding carboxylic acids is 1. The van der Waals surface area contributed by atoms with Crippen molar-refractivity contribution in [1.29, 1.82) is 0 Å². The van der Waals surface area contributed by atoms with Crippen LogP contribution in [0.15, 0.2) is 29.4 Å². The summed E-state index contributed by atoms with van der Waals surface area (Å²) in [5.74, 6) is 1.06. The lowest BCUT2D eigenvalue weighted by Gasteiger charge is -2.21. The molecule has 28 heavy (non-hydrogen) atoms. The van der Waals surface area contributed by atoms with Crippen LogP contribution in [-0.2, 0) is 11.3 Å². The molecule has 0 radical (unpaired) electrons. The second-order valence-corrected chi connectivity index (χ2v) is 8.37. The highest BCUT2D eigenvalue weighted by Crippen LogP contribution is 2.29. The van der Waals surface area contributed by atoms with Crippen molar-refractivity contribution in [2.24, 2.45) is 0 Å². The highest BCUT2D eigenvalue weighted by atomic mass is 32.2. The van der Waals surface area contributed by atoms with E-state index in [1.54, 1.807) is 0 Å². The fraction of sp³-hybridized carbons (Fsp3) is 0.571. The minimum absolute atomic E-state index is 0.148. The summed E-state index contributed by atoms with van der Waals surface area (Å²) in [4.78, 5) is 16.9. The number of benzene rings is 1. The summed E-state index contributed by atoms with van der Waals surface area (Å²) in [5, 5.41) is 9.50. The fourth-order valence-corrected chi connectivity index (χ4v) is 4.68. The van der Waals surface area contributed by atoms with E-state index in [2.05, 4.69) is 64.7 Å². The Morgan fingerprint density at radius 2 is 1.75 bits per heavy atom. The van der Waals surface area contributed by atoms with Gasteiger partial charge in [0.1, 0.15) is 0 Å². The van der Waals surface area contributed by atoms with Crippen LogP contribution in [0.1, 0.15) is 40.5 Å². The van der Waals surface area contributed by atoms with Gasteiger partial charge in [0.05, 0.1) is 5.25 Å². The van der Waals surface area contributed by atoms with Crippen LogP contribution in [0.2, 0.25) is 0 Å². The normalized spacial score (nSPS) is 15.1. The molecule has 0 aliphatic carbocycles. The van der Waals surface area contributed by atoms with E-state index in [4.69, 9.17) is 0 Å². The maximum Gasteiger partial charge on any atom is 0.235 e. The largest absolute Gasteiger partial charge is 0.372 e. The van der Waals surface area contributed by atoms with Gasteiger partial charge in [0, 0.05) is 44.0 Å². The second-order valence-electron chi connectivity index (χ2n) is 7.06. The van der Waals surface area contributed by atoms with Crippen molar-refractivity contribution in [3.63, 3.8) is 0 Å². The van der Waals surface area contributed by atoms with Crippen molar-refractivity contribution in [1.82, 2.24) is 19.7 Å². The summed E-state index contributed by atoms with van der Waals surface area (Å²) in [5.41, 5.74) is 2.27. The zero-order valence-electron chi connectivity index (χ0n) is 17.4. The number of amides is 1. The van der Waals surface area contributed by atoms with Gasteiger partial charge in [-0.1, -0.05) is 11.8 Å². The average molecular weight is 402 g/mol. The molecule has 1 aromatic heterocycles. The molecular weight excluding hydrogens is 370 g/mol. The standard InChI is InChI=1S/C21H31N5OS/c1-5-24(6-2)18-12-10-17(11-13-18)19-22-23-21(26(19)7-3)28-16(4)20(27)25-14-8-9-15-25/h10-13,16H,5-9,14-15H2,1-4H3. The highest BCUT2D eigenvalue weighted by molar-refractivity contribution is 8.00. The summed E-state index contributed by atoms with van der Waals surface area (Å²) in [6.45, 7) is 12.9. The zero-order valence-corrected chi connectivity index (χ0v) is 18.2. The number of nitrogens with zero attached hydrogens (tertiary/aromatic N) is 5. The van der Waals surface area contributed by atoms with Crippen molar-refractivity contribution in [2.45, 2.75) is 57.5 Å². The molecule has 1 fully saturated rings. The maximum absolute atomic E-state index is 12.6. The van der Waals surface area contributed by atoms with Gasteiger partial charge in [-0.2, -0.15) is 0 Å². The van der Waals surface area contributed by atoms with E-state index in [0.717, 1.165) is 62.1 Å².